The number of Topliss-reactive ketones (excluding diaryl/α,β-unsaturated/α-hetero) is 1. The quantitative estimate of drug-likeness (QED) is 0.199. The molecule has 0 aromatic heterocycles. The molecule has 2 unspecified atom stereocenters. The van der Waals surface area contributed by atoms with Crippen molar-refractivity contribution in [2.45, 2.75) is 43.0 Å². The summed E-state index contributed by atoms with van der Waals surface area (Å²) in [4.78, 5) is 38.4. The Morgan fingerprint density at radius 2 is 1.52 bits per heavy atom. The number of anilines is 2. The average Bonchev–Trinajstić information content (AvgIpc) is 3.40. The Kier molecular flexibility index (Phi) is 8.98. The number of carbonyl (C=O) groups is 3. The van der Waals surface area contributed by atoms with Gasteiger partial charge in [-0.3, -0.25) is 14.9 Å². The zero-order valence-electron chi connectivity index (χ0n) is 21.7. The molecule has 1 aliphatic rings. The van der Waals surface area contributed by atoms with E-state index in [-0.39, 0.29) is 22.8 Å². The molecule has 1 saturated carbocycles. The number of benzene rings is 3. The van der Waals surface area contributed by atoms with Gasteiger partial charge in [-0.05, 0) is 80.4 Å². The SMILES string of the molecule is CC(C)(C)OC(=O)Nc1cccc(CC(=O)c2cc(NC(=O)C3C(c4cc(Cl)cc(Cl)c4)C3(Cl)Cl)ccc2Cl)c1. The van der Waals surface area contributed by atoms with Crippen LogP contribution in [-0.2, 0) is 16.0 Å². The van der Waals surface area contributed by atoms with Gasteiger partial charge in [0.15, 0.2) is 5.78 Å². The maximum absolute atomic E-state index is 13.2. The number of nitrogens with one attached hydrogen (secondary N) is 2. The summed E-state index contributed by atoms with van der Waals surface area (Å²) in [7, 11) is 0. The van der Waals surface area contributed by atoms with Crippen molar-refractivity contribution in [3.8, 4) is 0 Å². The van der Waals surface area contributed by atoms with Crippen molar-refractivity contribution in [3.05, 3.63) is 92.4 Å². The van der Waals surface area contributed by atoms with Gasteiger partial charge in [0, 0.05) is 39.3 Å². The van der Waals surface area contributed by atoms with Crippen LogP contribution >= 0.6 is 58.0 Å². The molecular formula is C29H25Cl5N2O4. The zero-order valence-corrected chi connectivity index (χ0v) is 25.4. The van der Waals surface area contributed by atoms with E-state index in [9.17, 15) is 14.4 Å². The van der Waals surface area contributed by atoms with Crippen LogP contribution in [-0.4, -0.2) is 27.7 Å². The summed E-state index contributed by atoms with van der Waals surface area (Å²) in [5.41, 5.74) is 1.72. The lowest BCUT2D eigenvalue weighted by Crippen LogP contribution is -2.27. The van der Waals surface area contributed by atoms with Crippen LogP contribution in [0.2, 0.25) is 15.1 Å². The second-order valence-corrected chi connectivity index (χ2v) is 13.2. The van der Waals surface area contributed by atoms with Crippen molar-refractivity contribution in [2.24, 2.45) is 5.92 Å². The molecule has 1 aliphatic carbocycles. The maximum atomic E-state index is 13.2. The number of hydrogen-bond acceptors (Lipinski definition) is 4. The molecule has 3 aromatic carbocycles. The van der Waals surface area contributed by atoms with Gasteiger partial charge in [0.2, 0.25) is 5.91 Å². The van der Waals surface area contributed by atoms with Gasteiger partial charge in [0.1, 0.15) is 9.93 Å². The first kappa shape index (κ1) is 30.5. The van der Waals surface area contributed by atoms with Crippen LogP contribution in [0.4, 0.5) is 16.2 Å². The zero-order chi connectivity index (χ0) is 29.4. The third-order valence-corrected chi connectivity index (χ3v) is 7.76. The Morgan fingerprint density at radius 3 is 2.17 bits per heavy atom. The molecule has 11 heteroatoms. The summed E-state index contributed by atoms with van der Waals surface area (Å²) < 4.78 is 3.93. The van der Waals surface area contributed by atoms with Gasteiger partial charge >= 0.3 is 6.09 Å². The van der Waals surface area contributed by atoms with Gasteiger partial charge in [-0.1, -0.05) is 46.9 Å². The van der Waals surface area contributed by atoms with Crippen LogP contribution in [0.15, 0.2) is 60.7 Å². The number of carbonyl (C=O) groups excluding carboxylic acids is 3. The van der Waals surface area contributed by atoms with Gasteiger partial charge in [0.25, 0.3) is 0 Å². The Morgan fingerprint density at radius 1 is 0.875 bits per heavy atom. The monoisotopic (exact) mass is 640 g/mol. The molecule has 0 heterocycles. The first-order valence-electron chi connectivity index (χ1n) is 12.2. The Hall–Kier alpha value is -2.48. The molecule has 0 aliphatic heterocycles. The minimum Gasteiger partial charge on any atom is -0.444 e. The average molecular weight is 643 g/mol. The van der Waals surface area contributed by atoms with Crippen molar-refractivity contribution >= 4 is 87.2 Å². The highest BCUT2D eigenvalue weighted by molar-refractivity contribution is 6.53. The van der Waals surface area contributed by atoms with Crippen molar-refractivity contribution in [3.63, 3.8) is 0 Å². The largest absolute Gasteiger partial charge is 0.444 e. The summed E-state index contributed by atoms with van der Waals surface area (Å²) >= 11 is 31.5. The number of ether oxygens (including phenoxy) is 1. The van der Waals surface area contributed by atoms with Gasteiger partial charge in [-0.15, -0.1) is 23.2 Å². The van der Waals surface area contributed by atoms with Gasteiger partial charge in [0.05, 0.1) is 10.9 Å². The fourth-order valence-electron chi connectivity index (χ4n) is 4.32. The highest BCUT2D eigenvalue weighted by atomic mass is 35.5. The molecule has 2 amide bonds. The van der Waals surface area contributed by atoms with Crippen LogP contribution in [0.5, 0.6) is 0 Å². The lowest BCUT2D eigenvalue weighted by molar-refractivity contribution is -0.117. The fraction of sp³-hybridized carbons (Fsp3) is 0.276. The summed E-state index contributed by atoms with van der Waals surface area (Å²) in [5, 5.41) is 6.48. The smallest absolute Gasteiger partial charge is 0.412 e. The number of alkyl halides is 2. The van der Waals surface area contributed by atoms with Crippen LogP contribution < -0.4 is 10.6 Å². The molecular weight excluding hydrogens is 618 g/mol. The standard InChI is InChI=1S/C29H25Cl5N2O4/c1-28(2,3)40-27(39)36-19-6-4-5-15(9-19)10-23(37)21-14-20(7-8-22(21)32)35-26(38)25-24(29(25,33)34)16-11-17(30)13-18(31)12-16/h4-9,11-14,24-25H,10H2,1-3H3,(H,35,38)(H,36,39). The third kappa shape index (κ3) is 7.42. The number of ketones is 1. The minimum atomic E-state index is -1.35. The van der Waals surface area contributed by atoms with E-state index in [0.717, 1.165) is 0 Å². The first-order valence-corrected chi connectivity index (χ1v) is 14.1. The third-order valence-electron chi connectivity index (χ3n) is 6.05. The van der Waals surface area contributed by atoms with E-state index >= 15 is 0 Å². The second kappa shape index (κ2) is 11.8. The Bertz CT molecular complexity index is 1470. The number of amides is 2. The van der Waals surface area contributed by atoms with Crippen LogP contribution in [0.25, 0.3) is 0 Å². The second-order valence-electron chi connectivity index (χ2n) is 10.4. The lowest BCUT2D eigenvalue weighted by atomic mass is 10.0. The normalized spacial score (nSPS) is 17.6. The van der Waals surface area contributed by atoms with E-state index in [1.807, 2.05) is 0 Å². The highest BCUT2D eigenvalue weighted by Gasteiger charge is 2.67. The molecule has 210 valence electrons. The molecule has 0 saturated heterocycles. The van der Waals surface area contributed by atoms with E-state index in [1.165, 1.54) is 12.1 Å². The lowest BCUT2D eigenvalue weighted by Gasteiger charge is -2.19. The highest BCUT2D eigenvalue weighted by Crippen LogP contribution is 2.65. The molecule has 2 N–H and O–H groups in total. The van der Waals surface area contributed by atoms with Crippen molar-refractivity contribution < 1.29 is 19.1 Å². The number of hydrogen-bond donors (Lipinski definition) is 2. The molecule has 2 atom stereocenters. The Labute approximate surface area is 257 Å². The molecule has 6 nitrogen and oxygen atoms in total. The van der Waals surface area contributed by atoms with Crippen molar-refractivity contribution in [1.29, 1.82) is 0 Å². The molecule has 40 heavy (non-hydrogen) atoms. The topological polar surface area (TPSA) is 84.5 Å². The predicted molar refractivity (Wildman–Crippen MR) is 162 cm³/mol. The Balaban J connectivity index is 1.45. The molecule has 4 rings (SSSR count). The minimum absolute atomic E-state index is 0.00759. The van der Waals surface area contributed by atoms with Gasteiger partial charge < -0.3 is 10.1 Å². The van der Waals surface area contributed by atoms with E-state index in [0.29, 0.717) is 32.5 Å². The molecule has 3 aromatic rings. The van der Waals surface area contributed by atoms with Crippen molar-refractivity contribution in [2.75, 3.05) is 10.6 Å². The molecule has 1 fully saturated rings. The van der Waals surface area contributed by atoms with Gasteiger partial charge in [-0.2, -0.15) is 0 Å². The van der Waals surface area contributed by atoms with E-state index in [1.54, 1.807) is 69.3 Å². The number of halogens is 5. The van der Waals surface area contributed by atoms with E-state index in [4.69, 9.17) is 62.7 Å². The van der Waals surface area contributed by atoms with Crippen molar-refractivity contribution in [1.82, 2.24) is 0 Å². The van der Waals surface area contributed by atoms with Crippen LogP contribution in [0.1, 0.15) is 48.2 Å². The fourth-order valence-corrected chi connectivity index (χ4v) is 5.91. The van der Waals surface area contributed by atoms with Crippen LogP contribution in [0, 0.1) is 5.92 Å². The molecule has 0 radical (unpaired) electrons. The first-order chi connectivity index (χ1) is 18.6. The summed E-state index contributed by atoms with van der Waals surface area (Å²) in [5.74, 6) is -1.98. The summed E-state index contributed by atoms with van der Waals surface area (Å²) in [6.45, 7) is 5.30. The molecule has 0 bridgehead atoms. The van der Waals surface area contributed by atoms with E-state index in [2.05, 4.69) is 10.6 Å². The van der Waals surface area contributed by atoms with Crippen LogP contribution in [0.3, 0.4) is 0 Å². The molecule has 0 spiro atoms. The van der Waals surface area contributed by atoms with Gasteiger partial charge in [-0.25, -0.2) is 4.79 Å². The predicted octanol–water partition coefficient (Wildman–Crippen LogP) is 8.95. The number of rotatable bonds is 7. The maximum Gasteiger partial charge on any atom is 0.412 e. The summed E-state index contributed by atoms with van der Waals surface area (Å²) in [6, 6.07) is 16.4. The summed E-state index contributed by atoms with van der Waals surface area (Å²) in [6.07, 6.45) is -0.593. The van der Waals surface area contributed by atoms with E-state index < -0.39 is 33.8 Å².